The van der Waals surface area contributed by atoms with Gasteiger partial charge in [-0.15, -0.1) is 0 Å². The Bertz CT molecular complexity index is 898. The zero-order chi connectivity index (χ0) is 26.1. The molecule has 0 bridgehead atoms. The summed E-state index contributed by atoms with van der Waals surface area (Å²) < 4.78 is 5.28. The summed E-state index contributed by atoms with van der Waals surface area (Å²) in [6, 6.07) is 6.23. The van der Waals surface area contributed by atoms with Crippen LogP contribution in [-0.4, -0.2) is 62.5 Å². The molecule has 0 unspecified atom stereocenters. The fourth-order valence-corrected chi connectivity index (χ4v) is 7.13. The van der Waals surface area contributed by atoms with Crippen LogP contribution in [0, 0.1) is 17.8 Å². The zero-order valence-corrected chi connectivity index (χ0v) is 23.2. The van der Waals surface area contributed by atoms with Gasteiger partial charge in [0.05, 0.1) is 12.1 Å². The molecule has 6 heteroatoms. The molecule has 0 aromatic heterocycles. The van der Waals surface area contributed by atoms with Gasteiger partial charge in [0.15, 0.2) is 0 Å². The number of fused-ring (bicyclic) bond motifs is 1. The van der Waals surface area contributed by atoms with E-state index in [0.717, 1.165) is 67.8 Å². The van der Waals surface area contributed by atoms with Gasteiger partial charge < -0.3 is 20.1 Å². The second-order valence-corrected chi connectivity index (χ2v) is 11.8. The molecular formula is C31H49N3O3. The maximum atomic E-state index is 13.6. The van der Waals surface area contributed by atoms with Gasteiger partial charge in [0, 0.05) is 45.4 Å². The summed E-state index contributed by atoms with van der Waals surface area (Å²) in [6.45, 7) is 3.68. The Labute approximate surface area is 224 Å². The monoisotopic (exact) mass is 511 g/mol. The SMILES string of the molecule is CNC[C@@H](CC(=O)N1CCC[C@@H]([C@@](O)(CCCCOC)c2cccc3c2CN=C3)C1)CC1CCCCC1. The molecule has 2 aliphatic heterocycles. The lowest BCUT2D eigenvalue weighted by Gasteiger charge is -2.44. The van der Waals surface area contributed by atoms with Gasteiger partial charge >= 0.3 is 0 Å². The van der Waals surface area contributed by atoms with Crippen molar-refractivity contribution in [2.75, 3.05) is 40.4 Å². The van der Waals surface area contributed by atoms with Crippen molar-refractivity contribution in [1.82, 2.24) is 10.2 Å². The van der Waals surface area contributed by atoms with E-state index >= 15 is 0 Å². The van der Waals surface area contributed by atoms with Crippen LogP contribution in [0.25, 0.3) is 0 Å². The fraction of sp³-hybridized carbons (Fsp3) is 0.742. The molecule has 2 N–H and O–H groups in total. The van der Waals surface area contributed by atoms with Gasteiger partial charge in [-0.3, -0.25) is 9.79 Å². The largest absolute Gasteiger partial charge is 0.385 e. The number of amides is 1. The number of rotatable bonds is 13. The first-order valence-electron chi connectivity index (χ1n) is 14.8. The molecule has 37 heavy (non-hydrogen) atoms. The molecule has 1 saturated heterocycles. The van der Waals surface area contributed by atoms with E-state index in [0.29, 0.717) is 38.5 Å². The number of carbonyl (C=O) groups is 1. The number of piperidine rings is 1. The smallest absolute Gasteiger partial charge is 0.222 e. The predicted octanol–water partition coefficient (Wildman–Crippen LogP) is 5.06. The quantitative estimate of drug-likeness (QED) is 0.363. The number of aliphatic imine (C=N–C) groups is 1. The highest BCUT2D eigenvalue weighted by Gasteiger charge is 2.43. The first-order valence-corrected chi connectivity index (χ1v) is 14.8. The van der Waals surface area contributed by atoms with Crippen molar-refractivity contribution in [3.63, 3.8) is 0 Å². The van der Waals surface area contributed by atoms with Crippen LogP contribution in [0.4, 0.5) is 0 Å². The average molecular weight is 512 g/mol. The van der Waals surface area contributed by atoms with Crippen molar-refractivity contribution in [2.24, 2.45) is 22.7 Å². The Morgan fingerprint density at radius 3 is 2.84 bits per heavy atom. The summed E-state index contributed by atoms with van der Waals surface area (Å²) in [4.78, 5) is 20.2. The first-order chi connectivity index (χ1) is 18.0. The van der Waals surface area contributed by atoms with E-state index in [9.17, 15) is 9.90 Å². The zero-order valence-electron chi connectivity index (χ0n) is 23.2. The van der Waals surface area contributed by atoms with Crippen LogP contribution >= 0.6 is 0 Å². The molecule has 1 aromatic rings. The Morgan fingerprint density at radius 2 is 2.05 bits per heavy atom. The van der Waals surface area contributed by atoms with E-state index in [2.05, 4.69) is 27.3 Å². The molecule has 4 rings (SSSR count). The van der Waals surface area contributed by atoms with Crippen molar-refractivity contribution < 1.29 is 14.6 Å². The molecule has 2 fully saturated rings. The highest BCUT2D eigenvalue weighted by molar-refractivity contribution is 5.85. The van der Waals surface area contributed by atoms with E-state index in [1.165, 1.54) is 32.1 Å². The number of methoxy groups -OCH3 is 1. The van der Waals surface area contributed by atoms with Gasteiger partial charge in [-0.2, -0.15) is 0 Å². The number of aliphatic hydroxyl groups is 1. The molecule has 0 radical (unpaired) electrons. The summed E-state index contributed by atoms with van der Waals surface area (Å²) in [5, 5.41) is 15.8. The number of nitrogens with one attached hydrogen (secondary N) is 1. The third-order valence-corrected chi connectivity index (χ3v) is 9.11. The topological polar surface area (TPSA) is 74.2 Å². The molecule has 1 saturated carbocycles. The van der Waals surface area contributed by atoms with E-state index in [4.69, 9.17) is 4.74 Å². The van der Waals surface area contributed by atoms with E-state index in [1.807, 2.05) is 19.3 Å². The number of hydrogen-bond acceptors (Lipinski definition) is 5. The van der Waals surface area contributed by atoms with Crippen LogP contribution in [0.3, 0.4) is 0 Å². The van der Waals surface area contributed by atoms with Crippen LogP contribution in [0.1, 0.15) is 93.7 Å². The summed E-state index contributed by atoms with van der Waals surface area (Å²) in [5.41, 5.74) is 2.33. The van der Waals surface area contributed by atoms with Gasteiger partial charge in [0.25, 0.3) is 0 Å². The molecule has 6 nitrogen and oxygen atoms in total. The third kappa shape index (κ3) is 7.21. The van der Waals surface area contributed by atoms with Crippen LogP contribution in [-0.2, 0) is 21.7 Å². The summed E-state index contributed by atoms with van der Waals surface area (Å²) in [5.74, 6) is 1.46. The lowest BCUT2D eigenvalue weighted by molar-refractivity contribution is -0.138. The van der Waals surface area contributed by atoms with Crippen molar-refractivity contribution in [2.45, 2.75) is 89.2 Å². The highest BCUT2D eigenvalue weighted by Crippen LogP contribution is 2.42. The Kier molecular flexibility index (Phi) is 10.6. The van der Waals surface area contributed by atoms with Crippen molar-refractivity contribution in [3.8, 4) is 0 Å². The van der Waals surface area contributed by atoms with Gasteiger partial charge in [0.2, 0.25) is 5.91 Å². The predicted molar refractivity (Wildman–Crippen MR) is 150 cm³/mol. The number of hydrogen-bond donors (Lipinski definition) is 2. The normalized spacial score (nSPS) is 22.6. The molecule has 0 spiro atoms. The lowest BCUT2D eigenvalue weighted by atomic mass is 9.72. The molecular weight excluding hydrogens is 462 g/mol. The fourth-order valence-electron chi connectivity index (χ4n) is 7.13. The highest BCUT2D eigenvalue weighted by atomic mass is 16.5. The van der Waals surface area contributed by atoms with Crippen LogP contribution in [0.15, 0.2) is 23.2 Å². The first kappa shape index (κ1) is 28.3. The summed E-state index contributed by atoms with van der Waals surface area (Å²) in [7, 11) is 3.73. The summed E-state index contributed by atoms with van der Waals surface area (Å²) >= 11 is 0. The number of unbranched alkanes of at least 4 members (excludes halogenated alkanes) is 1. The molecule has 1 aliphatic carbocycles. The number of carbonyl (C=O) groups excluding carboxylic acids is 1. The van der Waals surface area contributed by atoms with Crippen molar-refractivity contribution in [3.05, 3.63) is 34.9 Å². The van der Waals surface area contributed by atoms with E-state index < -0.39 is 5.60 Å². The minimum absolute atomic E-state index is 0.0286. The van der Waals surface area contributed by atoms with Crippen molar-refractivity contribution >= 4 is 12.1 Å². The maximum Gasteiger partial charge on any atom is 0.222 e. The maximum absolute atomic E-state index is 13.6. The van der Waals surface area contributed by atoms with E-state index in [-0.39, 0.29) is 11.8 Å². The molecule has 3 atom stereocenters. The van der Waals surface area contributed by atoms with Gasteiger partial charge in [-0.1, -0.05) is 50.3 Å². The Hall–Kier alpha value is -1.76. The molecule has 2 heterocycles. The second-order valence-electron chi connectivity index (χ2n) is 11.8. The van der Waals surface area contributed by atoms with Crippen LogP contribution < -0.4 is 5.32 Å². The van der Waals surface area contributed by atoms with Gasteiger partial charge in [0.1, 0.15) is 0 Å². The number of likely N-dealkylation sites (tertiary alicyclic amines) is 1. The van der Waals surface area contributed by atoms with Crippen molar-refractivity contribution in [1.29, 1.82) is 0 Å². The lowest BCUT2D eigenvalue weighted by Crippen LogP contribution is -2.49. The molecule has 1 aromatic carbocycles. The second kappa shape index (κ2) is 13.9. The standard InChI is InChI=1S/C31H49N3O3/c1-32-20-25(18-24-10-4-3-5-11-24)19-30(35)34-16-9-13-27(23-34)31(36,15-6-7-17-37-2)29-14-8-12-26-21-33-22-28(26)29/h8,12,14,21,24-25,27,32,36H,3-7,9-11,13,15-20,22-23H2,1-2H3/t25-,27-,31+/m1/s1. The van der Waals surface area contributed by atoms with Crippen LogP contribution in [0.2, 0.25) is 0 Å². The minimum atomic E-state index is -0.960. The minimum Gasteiger partial charge on any atom is -0.385 e. The molecule has 1 amide bonds. The number of benzene rings is 1. The summed E-state index contributed by atoms with van der Waals surface area (Å²) in [6.07, 6.45) is 14.8. The number of nitrogens with zero attached hydrogens (tertiary/aromatic N) is 2. The number of ether oxygens (including phenoxy) is 1. The van der Waals surface area contributed by atoms with Gasteiger partial charge in [-0.25, -0.2) is 0 Å². The average Bonchev–Trinajstić information content (AvgIpc) is 3.41. The molecule has 3 aliphatic rings. The Balaban J connectivity index is 1.46. The van der Waals surface area contributed by atoms with E-state index in [1.54, 1.807) is 7.11 Å². The Morgan fingerprint density at radius 1 is 1.22 bits per heavy atom. The van der Waals surface area contributed by atoms with Crippen LogP contribution in [0.5, 0.6) is 0 Å². The van der Waals surface area contributed by atoms with Gasteiger partial charge in [-0.05, 0) is 80.6 Å². The third-order valence-electron chi connectivity index (χ3n) is 9.11. The molecule has 206 valence electrons.